The average Bonchev–Trinajstić information content (AvgIpc) is 2.85. The van der Waals surface area contributed by atoms with Crippen LogP contribution in [-0.2, 0) is 9.53 Å². The minimum Gasteiger partial charge on any atom is -0.462 e. The van der Waals surface area contributed by atoms with Gasteiger partial charge in [0.2, 0.25) is 0 Å². The van der Waals surface area contributed by atoms with Gasteiger partial charge in [-0.3, -0.25) is 4.79 Å². The maximum Gasteiger partial charge on any atom is 0.306 e. The number of nitrogens with two attached hydrogens (primary N) is 2. The van der Waals surface area contributed by atoms with Crippen molar-refractivity contribution in [1.29, 1.82) is 5.53 Å². The van der Waals surface area contributed by atoms with Gasteiger partial charge in [-0.15, -0.1) is 0 Å². The van der Waals surface area contributed by atoms with Gasteiger partial charge in [-0.2, -0.15) is 5.53 Å². The lowest BCUT2D eigenvalue weighted by atomic mass is 10.0. The summed E-state index contributed by atoms with van der Waals surface area (Å²) in [5, 5.41) is 3.42. The van der Waals surface area contributed by atoms with Gasteiger partial charge < -0.3 is 15.8 Å². The summed E-state index contributed by atoms with van der Waals surface area (Å²) >= 11 is 0. The van der Waals surface area contributed by atoms with Crippen LogP contribution in [0, 0.1) is 5.53 Å². The first kappa shape index (κ1) is 35.2. The van der Waals surface area contributed by atoms with Gasteiger partial charge in [-0.05, 0) is 64.6 Å². The minimum absolute atomic E-state index is 0.0374. The summed E-state index contributed by atoms with van der Waals surface area (Å²) in [6.45, 7) is 7.40. The zero-order valence-corrected chi connectivity index (χ0v) is 23.0. The van der Waals surface area contributed by atoms with E-state index in [1.807, 2.05) is 0 Å². The molecule has 0 unspecified atom stereocenters. The van der Waals surface area contributed by atoms with Crippen LogP contribution in [0.15, 0.2) is 0 Å². The minimum atomic E-state index is 0.0374. The fraction of sp³-hybridized carbons (Fsp3) is 0.964. The van der Waals surface area contributed by atoms with Crippen molar-refractivity contribution in [2.45, 2.75) is 155 Å². The first-order valence-electron chi connectivity index (χ1n) is 14.6. The Morgan fingerprint density at radius 1 is 0.706 bits per heavy atom. The van der Waals surface area contributed by atoms with Crippen molar-refractivity contribution in [1.82, 2.24) is 5.32 Å². The lowest BCUT2D eigenvalue weighted by molar-refractivity contribution is -0.249. The number of esters is 1. The van der Waals surface area contributed by atoms with Gasteiger partial charge in [0.15, 0.2) is 0 Å². The van der Waals surface area contributed by atoms with Gasteiger partial charge in [0.05, 0.1) is 0 Å². The third-order valence-corrected chi connectivity index (χ3v) is 6.35. The number of unbranched alkanes of at least 4 members (excludes halogenated alkanes) is 14. The van der Waals surface area contributed by atoms with Crippen LogP contribution in [-0.4, -0.2) is 31.7 Å². The Labute approximate surface area is 212 Å². The number of nitrogens with one attached hydrogen (secondary N) is 2. The van der Waals surface area contributed by atoms with Crippen molar-refractivity contribution >= 4 is 5.97 Å². The topological polar surface area (TPSA) is 114 Å². The highest BCUT2D eigenvalue weighted by molar-refractivity contribution is 5.69. The zero-order chi connectivity index (χ0) is 25.5. The molecule has 0 aliphatic heterocycles. The number of carbonyl (C=O) groups is 1. The average molecular weight is 486 g/mol. The van der Waals surface area contributed by atoms with E-state index in [9.17, 15) is 4.79 Å². The molecule has 0 atom stereocenters. The number of carbonyl (C=O) groups excluding carboxylic acids is 1. The second kappa shape index (κ2) is 32.0. The Balaban J connectivity index is 0. The van der Waals surface area contributed by atoms with Gasteiger partial charge in [-0.25, -0.2) is 0 Å². The molecule has 0 aliphatic carbocycles. The Morgan fingerprint density at radius 2 is 1.15 bits per heavy atom. The van der Waals surface area contributed by atoms with Crippen LogP contribution < -0.4 is 16.6 Å². The molecule has 0 aromatic rings. The lowest BCUT2D eigenvalue weighted by Gasteiger charge is -2.18. The molecule has 204 valence electrons. The molecule has 0 aromatic carbocycles. The molecular weight excluding hydrogens is 424 g/mol. The molecule has 6 heteroatoms. The molecule has 34 heavy (non-hydrogen) atoms. The maximum absolute atomic E-state index is 12.4. The van der Waals surface area contributed by atoms with Crippen molar-refractivity contribution < 1.29 is 15.1 Å². The highest BCUT2D eigenvalue weighted by atomic mass is 16.5. The Kier molecular flexibility index (Phi) is 33.1. The third kappa shape index (κ3) is 29.0. The van der Waals surface area contributed by atoms with Gasteiger partial charge in [0.1, 0.15) is 6.10 Å². The van der Waals surface area contributed by atoms with Crippen LogP contribution in [0.2, 0.25) is 0 Å². The summed E-state index contributed by atoms with van der Waals surface area (Å²) in [5.74, 6) is 0.0374. The van der Waals surface area contributed by atoms with Crippen LogP contribution in [0.25, 0.3) is 0 Å². The van der Waals surface area contributed by atoms with Gasteiger partial charge in [0, 0.05) is 6.42 Å². The van der Waals surface area contributed by atoms with E-state index < -0.39 is 0 Å². The molecule has 0 radical (unpaired) electrons. The van der Waals surface area contributed by atoms with E-state index in [1.54, 1.807) is 0 Å². The first-order valence-corrected chi connectivity index (χ1v) is 14.6. The normalized spacial score (nSPS) is 10.8. The van der Waals surface area contributed by atoms with Gasteiger partial charge in [0.25, 0.3) is 0 Å². The molecule has 0 heterocycles. The molecule has 0 fully saturated rings. The van der Waals surface area contributed by atoms with E-state index >= 15 is 0 Å². The Bertz CT molecular complexity index is 381. The van der Waals surface area contributed by atoms with Crippen molar-refractivity contribution in [3.8, 4) is 0 Å². The SMILES string of the molecule is CCCCCCCCC(CCCCCCCC)OC(=O)CCCCCCCNCCCN.N=[NH2+]. The summed E-state index contributed by atoms with van der Waals surface area (Å²) in [6.07, 6.45) is 25.3. The molecule has 0 spiro atoms. The van der Waals surface area contributed by atoms with Gasteiger partial charge in [-0.1, -0.05) is 103 Å². The molecule has 6 nitrogen and oxygen atoms in total. The smallest absolute Gasteiger partial charge is 0.306 e. The highest BCUT2D eigenvalue weighted by Gasteiger charge is 2.14. The monoisotopic (exact) mass is 485 g/mol. The second-order valence-electron chi connectivity index (χ2n) is 9.63. The van der Waals surface area contributed by atoms with E-state index in [0.29, 0.717) is 6.42 Å². The lowest BCUT2D eigenvalue weighted by Crippen LogP contribution is -2.19. The maximum atomic E-state index is 12.4. The molecule has 0 saturated carbocycles. The summed E-state index contributed by atoms with van der Waals surface area (Å²) in [7, 11) is 0. The molecule has 0 aliphatic rings. The number of rotatable bonds is 26. The van der Waals surface area contributed by atoms with Gasteiger partial charge >= 0.3 is 5.97 Å². The van der Waals surface area contributed by atoms with E-state index in [-0.39, 0.29) is 12.1 Å². The number of ether oxygens (including phenoxy) is 1. The standard InChI is InChI=1S/C28H58N2O2.H2N2/c1-3-5-7-9-12-16-21-27(22-17-13-10-8-6-4-2)32-28(31)23-18-14-11-15-19-25-30-26-20-24-29;1-2/h27,30H,3-26,29H2,1-2H3;1-2H/p+1. The van der Waals surface area contributed by atoms with Crippen LogP contribution in [0.1, 0.15) is 149 Å². The fourth-order valence-corrected chi connectivity index (χ4v) is 4.21. The first-order chi connectivity index (χ1) is 16.7. The zero-order valence-electron chi connectivity index (χ0n) is 23.0. The molecule has 0 bridgehead atoms. The van der Waals surface area contributed by atoms with E-state index in [2.05, 4.69) is 24.7 Å². The van der Waals surface area contributed by atoms with E-state index in [4.69, 9.17) is 16.0 Å². The van der Waals surface area contributed by atoms with Crippen LogP contribution in [0.4, 0.5) is 0 Å². The molecule has 0 rings (SSSR count). The van der Waals surface area contributed by atoms with Crippen LogP contribution >= 0.6 is 0 Å². The summed E-state index contributed by atoms with van der Waals surface area (Å²) in [6, 6.07) is 0. The fourth-order valence-electron chi connectivity index (χ4n) is 4.21. The van der Waals surface area contributed by atoms with E-state index in [1.165, 1.54) is 96.3 Å². The van der Waals surface area contributed by atoms with Crippen molar-refractivity contribution in [2.75, 3.05) is 19.6 Å². The van der Waals surface area contributed by atoms with Crippen LogP contribution in [0.5, 0.6) is 0 Å². The molecule has 0 amide bonds. The van der Waals surface area contributed by atoms with Crippen LogP contribution in [0.3, 0.4) is 0 Å². The predicted octanol–water partition coefficient (Wildman–Crippen LogP) is 6.45. The van der Waals surface area contributed by atoms with Crippen molar-refractivity contribution in [3.63, 3.8) is 0 Å². The Morgan fingerprint density at radius 3 is 1.68 bits per heavy atom. The Hall–Kier alpha value is -1.01. The van der Waals surface area contributed by atoms with Crippen molar-refractivity contribution in [2.24, 2.45) is 5.73 Å². The third-order valence-electron chi connectivity index (χ3n) is 6.35. The summed E-state index contributed by atoms with van der Waals surface area (Å²) < 4.78 is 5.93. The van der Waals surface area contributed by atoms with E-state index in [0.717, 1.165) is 51.7 Å². The quantitative estimate of drug-likeness (QED) is 0.0639. The number of hydrogen-bond acceptors (Lipinski definition) is 5. The summed E-state index contributed by atoms with van der Waals surface area (Å²) in [5.41, 5.74) is 14.5. The molecule has 0 saturated heterocycles. The summed E-state index contributed by atoms with van der Waals surface area (Å²) in [4.78, 5) is 12.4. The highest BCUT2D eigenvalue weighted by Crippen LogP contribution is 2.18. The second-order valence-corrected chi connectivity index (χ2v) is 9.63. The molecule has 6 N–H and O–H groups in total. The largest absolute Gasteiger partial charge is 0.462 e. The molecule has 0 aromatic heterocycles. The predicted molar refractivity (Wildman–Crippen MR) is 145 cm³/mol. The molecular formula is C28H61N4O2+. The van der Waals surface area contributed by atoms with Crippen molar-refractivity contribution in [3.05, 3.63) is 0 Å². The number of hydrogen-bond donors (Lipinski definition) is 4.